The Kier molecular flexibility index (Phi) is 6.89. The van der Waals surface area contributed by atoms with Crippen LogP contribution in [0.1, 0.15) is 19.4 Å². The summed E-state index contributed by atoms with van der Waals surface area (Å²) in [6.07, 6.45) is 0.890. The second kappa shape index (κ2) is 8.18. The van der Waals surface area contributed by atoms with Crippen molar-refractivity contribution in [1.82, 2.24) is 4.90 Å². The topological polar surface area (TPSA) is 29.5 Å². The first kappa shape index (κ1) is 16.0. The van der Waals surface area contributed by atoms with E-state index in [1.165, 1.54) is 7.11 Å². The minimum atomic E-state index is -0.156. The van der Waals surface area contributed by atoms with E-state index in [0.29, 0.717) is 6.54 Å². The molecule has 1 atom stereocenters. The summed E-state index contributed by atoms with van der Waals surface area (Å²) >= 11 is 6.14. The van der Waals surface area contributed by atoms with Crippen LogP contribution in [0.15, 0.2) is 24.3 Å². The molecule has 1 unspecified atom stereocenters. The highest BCUT2D eigenvalue weighted by molar-refractivity contribution is 6.31. The SMILES string of the molecule is CCN(CCc1ccccc1Cl)CC(C)C(=O)OC. The Labute approximate surface area is 120 Å². The largest absolute Gasteiger partial charge is 0.469 e. The lowest BCUT2D eigenvalue weighted by Gasteiger charge is -2.23. The lowest BCUT2D eigenvalue weighted by atomic mass is 10.1. The molecule has 106 valence electrons. The number of ether oxygens (including phenoxy) is 1. The molecule has 0 spiro atoms. The number of rotatable bonds is 7. The Morgan fingerprint density at radius 3 is 2.68 bits per heavy atom. The van der Waals surface area contributed by atoms with E-state index in [2.05, 4.69) is 11.8 Å². The summed E-state index contributed by atoms with van der Waals surface area (Å²) in [6.45, 7) is 6.50. The van der Waals surface area contributed by atoms with Crippen LogP contribution in [-0.4, -0.2) is 37.6 Å². The molecule has 0 aliphatic rings. The minimum Gasteiger partial charge on any atom is -0.469 e. The van der Waals surface area contributed by atoms with Gasteiger partial charge >= 0.3 is 5.97 Å². The fourth-order valence-corrected chi connectivity index (χ4v) is 2.25. The Morgan fingerprint density at radius 1 is 1.42 bits per heavy atom. The van der Waals surface area contributed by atoms with Crippen molar-refractivity contribution in [2.24, 2.45) is 5.92 Å². The van der Waals surface area contributed by atoms with Crippen LogP contribution in [0.25, 0.3) is 0 Å². The molecule has 0 saturated carbocycles. The van der Waals surface area contributed by atoms with Gasteiger partial charge in [0, 0.05) is 18.1 Å². The van der Waals surface area contributed by atoms with Gasteiger partial charge in [-0.15, -0.1) is 0 Å². The van der Waals surface area contributed by atoms with Crippen LogP contribution in [0.2, 0.25) is 5.02 Å². The number of carbonyl (C=O) groups excluding carboxylic acids is 1. The summed E-state index contributed by atoms with van der Waals surface area (Å²) in [5.41, 5.74) is 1.15. The van der Waals surface area contributed by atoms with Crippen LogP contribution in [0.4, 0.5) is 0 Å². The zero-order valence-electron chi connectivity index (χ0n) is 11.9. The van der Waals surface area contributed by atoms with Gasteiger partial charge in [-0.3, -0.25) is 4.79 Å². The van der Waals surface area contributed by atoms with Gasteiger partial charge in [-0.25, -0.2) is 0 Å². The van der Waals surface area contributed by atoms with Crippen LogP contribution in [0, 0.1) is 5.92 Å². The summed E-state index contributed by atoms with van der Waals surface area (Å²) in [7, 11) is 1.43. The molecular formula is C15H22ClNO2. The molecule has 0 bridgehead atoms. The fourth-order valence-electron chi connectivity index (χ4n) is 2.02. The summed E-state index contributed by atoms with van der Waals surface area (Å²) in [5.74, 6) is -0.257. The Bertz CT molecular complexity index is 409. The number of hydrogen-bond acceptors (Lipinski definition) is 3. The van der Waals surface area contributed by atoms with Gasteiger partial charge in [0.25, 0.3) is 0 Å². The Balaban J connectivity index is 2.49. The highest BCUT2D eigenvalue weighted by Crippen LogP contribution is 2.16. The standard InChI is InChI=1S/C15H22ClNO2/c1-4-17(11-12(2)15(18)19-3)10-9-13-7-5-6-8-14(13)16/h5-8,12H,4,9-11H2,1-3H3. The molecule has 0 amide bonds. The molecule has 1 aromatic rings. The number of benzene rings is 1. The molecule has 0 aromatic heterocycles. The van der Waals surface area contributed by atoms with Gasteiger partial charge in [0.2, 0.25) is 0 Å². The van der Waals surface area contributed by atoms with E-state index in [0.717, 1.165) is 30.1 Å². The number of methoxy groups -OCH3 is 1. The highest BCUT2D eigenvalue weighted by Gasteiger charge is 2.16. The molecule has 0 N–H and O–H groups in total. The summed E-state index contributed by atoms with van der Waals surface area (Å²) in [5, 5.41) is 0.805. The van der Waals surface area contributed by atoms with E-state index in [9.17, 15) is 4.79 Å². The molecule has 0 radical (unpaired) electrons. The maximum Gasteiger partial charge on any atom is 0.309 e. The fraction of sp³-hybridized carbons (Fsp3) is 0.533. The van der Waals surface area contributed by atoms with Gasteiger partial charge in [0.15, 0.2) is 0 Å². The van der Waals surface area contributed by atoms with Gasteiger partial charge in [-0.1, -0.05) is 43.6 Å². The highest BCUT2D eigenvalue weighted by atomic mass is 35.5. The molecular weight excluding hydrogens is 262 g/mol. The van der Waals surface area contributed by atoms with E-state index in [4.69, 9.17) is 16.3 Å². The van der Waals surface area contributed by atoms with Crippen molar-refractivity contribution in [3.05, 3.63) is 34.9 Å². The molecule has 0 aliphatic heterocycles. The Morgan fingerprint density at radius 2 is 2.11 bits per heavy atom. The van der Waals surface area contributed by atoms with Crippen molar-refractivity contribution in [2.75, 3.05) is 26.7 Å². The van der Waals surface area contributed by atoms with E-state index >= 15 is 0 Å². The quantitative estimate of drug-likeness (QED) is 0.721. The van der Waals surface area contributed by atoms with Crippen molar-refractivity contribution in [3.63, 3.8) is 0 Å². The van der Waals surface area contributed by atoms with Crippen molar-refractivity contribution in [3.8, 4) is 0 Å². The van der Waals surface area contributed by atoms with Crippen LogP contribution in [0.3, 0.4) is 0 Å². The monoisotopic (exact) mass is 283 g/mol. The van der Waals surface area contributed by atoms with Gasteiger partial charge in [0.1, 0.15) is 0 Å². The van der Waals surface area contributed by atoms with Crippen molar-refractivity contribution < 1.29 is 9.53 Å². The summed E-state index contributed by atoms with van der Waals surface area (Å²) < 4.78 is 4.75. The average Bonchev–Trinajstić information content (AvgIpc) is 2.43. The average molecular weight is 284 g/mol. The van der Waals surface area contributed by atoms with Gasteiger partial charge in [-0.2, -0.15) is 0 Å². The number of carbonyl (C=O) groups is 1. The molecule has 1 rings (SSSR count). The first-order valence-electron chi connectivity index (χ1n) is 6.62. The van der Waals surface area contributed by atoms with Gasteiger partial charge < -0.3 is 9.64 Å². The predicted octanol–water partition coefficient (Wildman–Crippen LogP) is 3.01. The van der Waals surface area contributed by atoms with Gasteiger partial charge in [-0.05, 0) is 24.6 Å². The van der Waals surface area contributed by atoms with Crippen LogP contribution in [-0.2, 0) is 16.0 Å². The third-order valence-electron chi connectivity index (χ3n) is 3.24. The number of hydrogen-bond donors (Lipinski definition) is 0. The molecule has 0 aliphatic carbocycles. The number of nitrogens with zero attached hydrogens (tertiary/aromatic N) is 1. The second-order valence-corrected chi connectivity index (χ2v) is 5.07. The molecule has 0 saturated heterocycles. The third-order valence-corrected chi connectivity index (χ3v) is 3.61. The van der Waals surface area contributed by atoms with Gasteiger partial charge in [0.05, 0.1) is 13.0 Å². The van der Waals surface area contributed by atoms with E-state index < -0.39 is 0 Å². The number of likely N-dealkylation sites (N-methyl/N-ethyl adjacent to an activating group) is 1. The third kappa shape index (κ3) is 5.21. The minimum absolute atomic E-state index is 0.101. The first-order valence-corrected chi connectivity index (χ1v) is 6.99. The van der Waals surface area contributed by atoms with Crippen molar-refractivity contribution in [1.29, 1.82) is 0 Å². The van der Waals surface area contributed by atoms with Crippen molar-refractivity contribution >= 4 is 17.6 Å². The lowest BCUT2D eigenvalue weighted by Crippen LogP contribution is -2.33. The number of esters is 1. The molecule has 19 heavy (non-hydrogen) atoms. The maximum absolute atomic E-state index is 11.4. The normalized spacial score (nSPS) is 12.5. The van der Waals surface area contributed by atoms with Crippen LogP contribution in [0.5, 0.6) is 0 Å². The predicted molar refractivity (Wildman–Crippen MR) is 78.5 cm³/mol. The molecule has 0 fully saturated rings. The zero-order chi connectivity index (χ0) is 14.3. The number of halogens is 1. The van der Waals surface area contributed by atoms with E-state index in [-0.39, 0.29) is 11.9 Å². The molecule has 0 heterocycles. The molecule has 3 nitrogen and oxygen atoms in total. The van der Waals surface area contributed by atoms with E-state index in [1.807, 2.05) is 31.2 Å². The smallest absolute Gasteiger partial charge is 0.309 e. The zero-order valence-corrected chi connectivity index (χ0v) is 12.6. The molecule has 4 heteroatoms. The van der Waals surface area contributed by atoms with Crippen molar-refractivity contribution in [2.45, 2.75) is 20.3 Å². The maximum atomic E-state index is 11.4. The first-order chi connectivity index (χ1) is 9.08. The summed E-state index contributed by atoms with van der Waals surface area (Å²) in [4.78, 5) is 13.7. The van der Waals surface area contributed by atoms with E-state index in [1.54, 1.807) is 0 Å². The van der Waals surface area contributed by atoms with Crippen LogP contribution < -0.4 is 0 Å². The second-order valence-electron chi connectivity index (χ2n) is 4.66. The summed E-state index contributed by atoms with van der Waals surface area (Å²) in [6, 6.07) is 7.88. The van der Waals surface area contributed by atoms with Crippen LogP contribution >= 0.6 is 11.6 Å². The lowest BCUT2D eigenvalue weighted by molar-refractivity contribution is -0.145. The molecule has 1 aromatic carbocycles. The Hall–Kier alpha value is -1.06.